The summed E-state index contributed by atoms with van der Waals surface area (Å²) >= 11 is 0. The molecule has 0 aliphatic carbocycles. The third-order valence-corrected chi connectivity index (χ3v) is 3.54. The molecule has 0 saturated heterocycles. The van der Waals surface area contributed by atoms with Gasteiger partial charge in [-0.25, -0.2) is 0 Å². The summed E-state index contributed by atoms with van der Waals surface area (Å²) in [5.74, 6) is 1.07. The number of nitrogens with zero attached hydrogens (tertiary/aromatic N) is 4. The van der Waals surface area contributed by atoms with Gasteiger partial charge in [0.1, 0.15) is 11.8 Å². The molecule has 21 heavy (non-hydrogen) atoms. The molecule has 1 N–H and O–H groups in total. The molecular weight excluding hydrogens is 264 g/mol. The normalized spacial score (nSPS) is 14.4. The van der Waals surface area contributed by atoms with Crippen molar-refractivity contribution in [3.05, 3.63) is 53.7 Å². The molecule has 1 aliphatic rings. The second kappa shape index (κ2) is 5.63. The van der Waals surface area contributed by atoms with Gasteiger partial charge in [-0.15, -0.1) is 10.2 Å². The Bertz CT molecular complexity index is 699. The molecule has 5 nitrogen and oxygen atoms in total. The molecule has 0 unspecified atom stereocenters. The molecule has 1 aromatic carbocycles. The SMILES string of the molecule is N#Cc1ccc(N2CC=C(c3ccc(O)cc3)CC2)nn1. The van der Waals surface area contributed by atoms with Gasteiger partial charge in [-0.2, -0.15) is 5.26 Å². The quantitative estimate of drug-likeness (QED) is 0.912. The number of hydrogen-bond donors (Lipinski definition) is 1. The van der Waals surface area contributed by atoms with E-state index < -0.39 is 0 Å². The summed E-state index contributed by atoms with van der Waals surface area (Å²) in [6.07, 6.45) is 3.07. The van der Waals surface area contributed by atoms with Crippen molar-refractivity contribution < 1.29 is 5.11 Å². The van der Waals surface area contributed by atoms with Gasteiger partial charge in [0.2, 0.25) is 0 Å². The van der Waals surface area contributed by atoms with Crippen LogP contribution in [0.4, 0.5) is 5.82 Å². The van der Waals surface area contributed by atoms with Gasteiger partial charge in [-0.1, -0.05) is 18.2 Å². The van der Waals surface area contributed by atoms with Gasteiger partial charge in [0.15, 0.2) is 11.5 Å². The highest BCUT2D eigenvalue weighted by Crippen LogP contribution is 2.25. The highest BCUT2D eigenvalue weighted by molar-refractivity contribution is 5.68. The molecule has 0 fully saturated rings. The van der Waals surface area contributed by atoms with E-state index in [1.54, 1.807) is 18.2 Å². The minimum Gasteiger partial charge on any atom is -0.508 e. The molecule has 1 aliphatic heterocycles. The van der Waals surface area contributed by atoms with Crippen LogP contribution in [-0.2, 0) is 0 Å². The Morgan fingerprint density at radius 3 is 2.48 bits per heavy atom. The summed E-state index contributed by atoms with van der Waals surface area (Å²) in [4.78, 5) is 2.12. The van der Waals surface area contributed by atoms with E-state index in [0.717, 1.165) is 30.9 Å². The second-order valence-corrected chi connectivity index (χ2v) is 4.86. The van der Waals surface area contributed by atoms with E-state index >= 15 is 0 Å². The first-order chi connectivity index (χ1) is 10.3. The lowest BCUT2D eigenvalue weighted by atomic mass is 9.99. The Hall–Kier alpha value is -2.87. The number of phenolic OH excluding ortho intramolecular Hbond substituents is 1. The van der Waals surface area contributed by atoms with Gasteiger partial charge in [-0.3, -0.25) is 0 Å². The molecule has 3 rings (SSSR count). The summed E-state index contributed by atoms with van der Waals surface area (Å²) in [7, 11) is 0. The van der Waals surface area contributed by atoms with Crippen LogP contribution in [0.25, 0.3) is 5.57 Å². The zero-order valence-corrected chi connectivity index (χ0v) is 11.4. The molecule has 1 aromatic heterocycles. The summed E-state index contributed by atoms with van der Waals surface area (Å²) in [5.41, 5.74) is 2.74. The number of benzene rings is 1. The Kier molecular flexibility index (Phi) is 3.52. The highest BCUT2D eigenvalue weighted by atomic mass is 16.3. The summed E-state index contributed by atoms with van der Waals surface area (Å²) < 4.78 is 0. The van der Waals surface area contributed by atoms with E-state index in [9.17, 15) is 5.11 Å². The first kappa shape index (κ1) is 13.1. The fraction of sp³-hybridized carbons (Fsp3) is 0.188. The van der Waals surface area contributed by atoms with Crippen LogP contribution in [0.1, 0.15) is 17.7 Å². The van der Waals surface area contributed by atoms with Crippen molar-refractivity contribution in [2.24, 2.45) is 0 Å². The molecule has 0 saturated carbocycles. The van der Waals surface area contributed by atoms with E-state index in [1.165, 1.54) is 5.57 Å². The fourth-order valence-electron chi connectivity index (χ4n) is 2.37. The Morgan fingerprint density at radius 2 is 1.90 bits per heavy atom. The number of rotatable bonds is 2. The lowest BCUT2D eigenvalue weighted by Gasteiger charge is -2.27. The van der Waals surface area contributed by atoms with Crippen molar-refractivity contribution in [2.75, 3.05) is 18.0 Å². The molecule has 2 heterocycles. The maximum atomic E-state index is 9.32. The zero-order chi connectivity index (χ0) is 14.7. The van der Waals surface area contributed by atoms with Crippen LogP contribution in [0.15, 0.2) is 42.5 Å². The number of phenols is 1. The minimum absolute atomic E-state index is 0.282. The van der Waals surface area contributed by atoms with Gasteiger partial charge in [0.05, 0.1) is 0 Å². The predicted octanol–water partition coefficient (Wildman–Crippen LogP) is 2.35. The number of hydrogen-bond acceptors (Lipinski definition) is 5. The smallest absolute Gasteiger partial charge is 0.163 e. The van der Waals surface area contributed by atoms with E-state index in [4.69, 9.17) is 5.26 Å². The van der Waals surface area contributed by atoms with Gasteiger partial charge < -0.3 is 10.0 Å². The number of nitriles is 1. The van der Waals surface area contributed by atoms with Crippen LogP contribution in [-0.4, -0.2) is 28.4 Å². The van der Waals surface area contributed by atoms with Gasteiger partial charge in [0.25, 0.3) is 0 Å². The third kappa shape index (κ3) is 2.84. The van der Waals surface area contributed by atoms with Crippen molar-refractivity contribution >= 4 is 11.4 Å². The van der Waals surface area contributed by atoms with E-state index in [2.05, 4.69) is 21.2 Å². The third-order valence-electron chi connectivity index (χ3n) is 3.54. The maximum Gasteiger partial charge on any atom is 0.163 e. The first-order valence-corrected chi connectivity index (χ1v) is 6.73. The molecule has 0 atom stereocenters. The molecule has 5 heteroatoms. The van der Waals surface area contributed by atoms with Crippen LogP contribution in [0.2, 0.25) is 0 Å². The predicted molar refractivity (Wildman–Crippen MR) is 79.7 cm³/mol. The lowest BCUT2D eigenvalue weighted by Crippen LogP contribution is -2.29. The van der Waals surface area contributed by atoms with Crippen molar-refractivity contribution in [3.8, 4) is 11.8 Å². The average molecular weight is 278 g/mol. The largest absolute Gasteiger partial charge is 0.508 e. The minimum atomic E-state index is 0.282. The topological polar surface area (TPSA) is 73.0 Å². The average Bonchev–Trinajstić information content (AvgIpc) is 2.56. The Labute approximate surface area is 122 Å². The highest BCUT2D eigenvalue weighted by Gasteiger charge is 2.14. The number of aromatic nitrogens is 2. The fourth-order valence-corrected chi connectivity index (χ4v) is 2.37. The molecule has 0 amide bonds. The molecule has 0 radical (unpaired) electrons. The van der Waals surface area contributed by atoms with Crippen molar-refractivity contribution in [3.63, 3.8) is 0 Å². The van der Waals surface area contributed by atoms with E-state index in [-0.39, 0.29) is 5.75 Å². The van der Waals surface area contributed by atoms with Crippen molar-refractivity contribution in [2.45, 2.75) is 6.42 Å². The summed E-state index contributed by atoms with van der Waals surface area (Å²) in [6, 6.07) is 12.7. The van der Waals surface area contributed by atoms with Crippen molar-refractivity contribution in [1.29, 1.82) is 5.26 Å². The van der Waals surface area contributed by atoms with Crippen molar-refractivity contribution in [1.82, 2.24) is 10.2 Å². The molecular formula is C16H14N4O. The Balaban J connectivity index is 1.73. The summed E-state index contributed by atoms with van der Waals surface area (Å²) in [6.45, 7) is 1.62. The first-order valence-electron chi connectivity index (χ1n) is 6.73. The number of aromatic hydroxyl groups is 1. The number of anilines is 1. The van der Waals surface area contributed by atoms with Gasteiger partial charge in [0, 0.05) is 13.1 Å². The van der Waals surface area contributed by atoms with Crippen LogP contribution >= 0.6 is 0 Å². The molecule has 0 spiro atoms. The molecule has 2 aromatic rings. The van der Waals surface area contributed by atoms with E-state index in [1.807, 2.05) is 24.3 Å². The maximum absolute atomic E-state index is 9.32. The standard InChI is InChI=1S/C16H14N4O/c17-11-14-3-6-16(19-18-14)20-9-7-13(8-10-20)12-1-4-15(21)5-2-12/h1-7,21H,8-10H2. The molecule has 104 valence electrons. The molecule has 0 bridgehead atoms. The van der Waals surface area contributed by atoms with Gasteiger partial charge in [-0.05, 0) is 41.8 Å². The van der Waals surface area contributed by atoms with E-state index in [0.29, 0.717) is 5.69 Å². The zero-order valence-electron chi connectivity index (χ0n) is 11.4. The lowest BCUT2D eigenvalue weighted by molar-refractivity contribution is 0.475. The monoisotopic (exact) mass is 278 g/mol. The van der Waals surface area contributed by atoms with Crippen LogP contribution in [0.5, 0.6) is 5.75 Å². The second-order valence-electron chi connectivity index (χ2n) is 4.86. The van der Waals surface area contributed by atoms with Crippen LogP contribution in [0, 0.1) is 11.3 Å². The summed E-state index contributed by atoms with van der Waals surface area (Å²) in [5, 5.41) is 26.0. The Morgan fingerprint density at radius 1 is 1.10 bits per heavy atom. The van der Waals surface area contributed by atoms with Crippen LogP contribution in [0.3, 0.4) is 0 Å². The van der Waals surface area contributed by atoms with Gasteiger partial charge >= 0.3 is 0 Å². The van der Waals surface area contributed by atoms with Crippen LogP contribution < -0.4 is 4.90 Å².